The molecule has 0 atom stereocenters. The van der Waals surface area contributed by atoms with E-state index < -0.39 is 0 Å². The SMILES string of the molecule is Nc1ncc(-c2cccnc2)cc1OCc1ccccc1Cl. The third kappa shape index (κ3) is 3.18. The Labute approximate surface area is 133 Å². The molecule has 3 rings (SSSR count). The van der Waals surface area contributed by atoms with Gasteiger partial charge in [0, 0.05) is 40.3 Å². The molecule has 2 aromatic heterocycles. The van der Waals surface area contributed by atoms with Crippen LogP contribution in [0.25, 0.3) is 11.1 Å². The standard InChI is InChI=1S/C17H14ClN3O/c18-15-6-2-1-4-13(15)11-22-16-8-14(10-21-17(16)19)12-5-3-7-20-9-12/h1-10H,11H2,(H2,19,21). The fourth-order valence-electron chi connectivity index (χ4n) is 2.03. The lowest BCUT2D eigenvalue weighted by Crippen LogP contribution is -2.01. The predicted octanol–water partition coefficient (Wildman–Crippen LogP) is 3.96. The van der Waals surface area contributed by atoms with E-state index in [1.807, 2.05) is 42.5 Å². The van der Waals surface area contributed by atoms with Gasteiger partial charge in [-0.3, -0.25) is 4.98 Å². The number of hydrogen-bond donors (Lipinski definition) is 1. The minimum atomic E-state index is 0.335. The van der Waals surface area contributed by atoms with Crippen molar-refractivity contribution in [3.63, 3.8) is 0 Å². The fraction of sp³-hybridized carbons (Fsp3) is 0.0588. The Morgan fingerprint density at radius 3 is 2.68 bits per heavy atom. The summed E-state index contributed by atoms with van der Waals surface area (Å²) in [4.78, 5) is 8.28. The molecular formula is C17H14ClN3O. The Bertz CT molecular complexity index is 778. The molecule has 1 aromatic carbocycles. The molecule has 0 unspecified atom stereocenters. The van der Waals surface area contributed by atoms with Gasteiger partial charge in [0.05, 0.1) is 0 Å². The molecule has 110 valence electrons. The molecule has 0 saturated heterocycles. The summed E-state index contributed by atoms with van der Waals surface area (Å²) in [6.07, 6.45) is 5.20. The Kier molecular flexibility index (Phi) is 4.21. The summed E-state index contributed by atoms with van der Waals surface area (Å²) in [5.41, 5.74) is 8.64. The zero-order chi connectivity index (χ0) is 15.4. The maximum absolute atomic E-state index is 6.12. The Balaban J connectivity index is 1.83. The van der Waals surface area contributed by atoms with E-state index in [9.17, 15) is 0 Å². The molecule has 0 fully saturated rings. The van der Waals surface area contributed by atoms with Gasteiger partial charge in [-0.15, -0.1) is 0 Å². The quantitative estimate of drug-likeness (QED) is 0.792. The van der Waals surface area contributed by atoms with Crippen LogP contribution in [0.1, 0.15) is 5.56 Å². The Morgan fingerprint density at radius 2 is 1.91 bits per heavy atom. The van der Waals surface area contributed by atoms with Gasteiger partial charge >= 0.3 is 0 Å². The normalized spacial score (nSPS) is 10.4. The van der Waals surface area contributed by atoms with Crippen molar-refractivity contribution in [2.75, 3.05) is 5.73 Å². The van der Waals surface area contributed by atoms with Crippen LogP contribution >= 0.6 is 11.6 Å². The second-order valence-electron chi connectivity index (χ2n) is 4.73. The zero-order valence-electron chi connectivity index (χ0n) is 11.7. The number of nitrogens with zero attached hydrogens (tertiary/aromatic N) is 2. The van der Waals surface area contributed by atoms with E-state index in [1.165, 1.54) is 0 Å². The molecule has 2 heterocycles. The monoisotopic (exact) mass is 311 g/mol. The van der Waals surface area contributed by atoms with Crippen LogP contribution in [0.15, 0.2) is 61.1 Å². The number of ether oxygens (including phenoxy) is 1. The summed E-state index contributed by atoms with van der Waals surface area (Å²) in [6.45, 7) is 0.335. The summed E-state index contributed by atoms with van der Waals surface area (Å²) in [7, 11) is 0. The van der Waals surface area contributed by atoms with Gasteiger partial charge in [0.2, 0.25) is 0 Å². The number of halogens is 1. The van der Waals surface area contributed by atoms with Crippen molar-refractivity contribution in [1.82, 2.24) is 9.97 Å². The molecule has 22 heavy (non-hydrogen) atoms. The van der Waals surface area contributed by atoms with Crippen molar-refractivity contribution in [3.05, 3.63) is 71.6 Å². The second kappa shape index (κ2) is 6.45. The molecule has 2 N–H and O–H groups in total. The third-order valence-electron chi connectivity index (χ3n) is 3.22. The molecule has 0 aliphatic rings. The summed E-state index contributed by atoms with van der Waals surface area (Å²) in [5.74, 6) is 0.876. The average molecular weight is 312 g/mol. The van der Waals surface area contributed by atoms with Crippen LogP contribution in [-0.4, -0.2) is 9.97 Å². The summed E-state index contributed by atoms with van der Waals surface area (Å²) in [5, 5.41) is 0.664. The van der Waals surface area contributed by atoms with Crippen LogP contribution in [0.3, 0.4) is 0 Å². The van der Waals surface area contributed by atoms with Crippen molar-refractivity contribution in [2.24, 2.45) is 0 Å². The highest BCUT2D eigenvalue weighted by molar-refractivity contribution is 6.31. The smallest absolute Gasteiger partial charge is 0.166 e. The highest BCUT2D eigenvalue weighted by Crippen LogP contribution is 2.27. The van der Waals surface area contributed by atoms with Crippen LogP contribution in [0.5, 0.6) is 5.75 Å². The topological polar surface area (TPSA) is 61.0 Å². The lowest BCUT2D eigenvalue weighted by atomic mass is 10.1. The lowest BCUT2D eigenvalue weighted by molar-refractivity contribution is 0.307. The molecule has 3 aromatic rings. The van der Waals surface area contributed by atoms with Gasteiger partial charge in [-0.25, -0.2) is 4.98 Å². The molecule has 0 spiro atoms. The van der Waals surface area contributed by atoms with E-state index >= 15 is 0 Å². The first-order valence-electron chi connectivity index (χ1n) is 6.76. The minimum absolute atomic E-state index is 0.335. The number of hydrogen-bond acceptors (Lipinski definition) is 4. The van der Waals surface area contributed by atoms with Gasteiger partial charge in [0.15, 0.2) is 11.6 Å². The molecule has 0 radical (unpaired) electrons. The van der Waals surface area contributed by atoms with E-state index in [2.05, 4.69) is 9.97 Å². The van der Waals surface area contributed by atoms with Gasteiger partial charge in [-0.1, -0.05) is 35.9 Å². The molecule has 0 bridgehead atoms. The van der Waals surface area contributed by atoms with Gasteiger partial charge < -0.3 is 10.5 Å². The van der Waals surface area contributed by atoms with E-state index in [1.54, 1.807) is 18.6 Å². The van der Waals surface area contributed by atoms with Crippen molar-refractivity contribution in [1.29, 1.82) is 0 Å². The second-order valence-corrected chi connectivity index (χ2v) is 5.14. The van der Waals surface area contributed by atoms with Crippen molar-refractivity contribution >= 4 is 17.4 Å². The summed E-state index contributed by atoms with van der Waals surface area (Å²) < 4.78 is 5.77. The first-order chi connectivity index (χ1) is 10.7. The van der Waals surface area contributed by atoms with Crippen molar-refractivity contribution in [3.8, 4) is 16.9 Å². The molecule has 0 aliphatic heterocycles. The number of rotatable bonds is 4. The maximum Gasteiger partial charge on any atom is 0.166 e. The summed E-state index contributed by atoms with van der Waals surface area (Å²) >= 11 is 6.12. The van der Waals surface area contributed by atoms with Gasteiger partial charge in [-0.2, -0.15) is 0 Å². The number of aromatic nitrogens is 2. The fourth-order valence-corrected chi connectivity index (χ4v) is 2.22. The number of nitrogens with two attached hydrogens (primary N) is 1. The number of pyridine rings is 2. The van der Waals surface area contributed by atoms with E-state index in [4.69, 9.17) is 22.1 Å². The van der Waals surface area contributed by atoms with E-state index in [0.29, 0.717) is 23.2 Å². The van der Waals surface area contributed by atoms with Crippen molar-refractivity contribution in [2.45, 2.75) is 6.61 Å². The van der Waals surface area contributed by atoms with Gasteiger partial charge in [0.1, 0.15) is 6.61 Å². The molecule has 0 amide bonds. The lowest BCUT2D eigenvalue weighted by Gasteiger charge is -2.11. The maximum atomic E-state index is 6.12. The largest absolute Gasteiger partial charge is 0.485 e. The van der Waals surface area contributed by atoms with Crippen LogP contribution in [0.2, 0.25) is 5.02 Å². The number of benzene rings is 1. The van der Waals surface area contributed by atoms with Crippen LogP contribution in [-0.2, 0) is 6.61 Å². The highest BCUT2D eigenvalue weighted by Gasteiger charge is 2.07. The summed E-state index contributed by atoms with van der Waals surface area (Å²) in [6, 6.07) is 13.2. The molecule has 0 saturated carbocycles. The van der Waals surface area contributed by atoms with Crippen LogP contribution in [0.4, 0.5) is 5.82 Å². The molecular weight excluding hydrogens is 298 g/mol. The Hall–Kier alpha value is -2.59. The Morgan fingerprint density at radius 1 is 1.05 bits per heavy atom. The highest BCUT2D eigenvalue weighted by atomic mass is 35.5. The van der Waals surface area contributed by atoms with E-state index in [0.717, 1.165) is 16.7 Å². The molecule has 5 heteroatoms. The third-order valence-corrected chi connectivity index (χ3v) is 3.59. The zero-order valence-corrected chi connectivity index (χ0v) is 12.5. The average Bonchev–Trinajstić information content (AvgIpc) is 2.56. The van der Waals surface area contributed by atoms with E-state index in [-0.39, 0.29) is 0 Å². The van der Waals surface area contributed by atoms with Gasteiger partial charge in [-0.05, 0) is 18.2 Å². The predicted molar refractivity (Wildman–Crippen MR) is 87.7 cm³/mol. The minimum Gasteiger partial charge on any atom is -0.485 e. The first-order valence-corrected chi connectivity index (χ1v) is 7.14. The van der Waals surface area contributed by atoms with Crippen LogP contribution < -0.4 is 10.5 Å². The van der Waals surface area contributed by atoms with Gasteiger partial charge in [0.25, 0.3) is 0 Å². The number of anilines is 1. The molecule has 0 aliphatic carbocycles. The number of nitrogen functional groups attached to an aromatic ring is 1. The van der Waals surface area contributed by atoms with Crippen LogP contribution in [0, 0.1) is 0 Å². The van der Waals surface area contributed by atoms with Crippen molar-refractivity contribution < 1.29 is 4.74 Å². The first kappa shape index (κ1) is 14.4. The molecule has 4 nitrogen and oxygen atoms in total.